The number of hydrogen-bond donors (Lipinski definition) is 3. The van der Waals surface area contributed by atoms with Gasteiger partial charge in [0, 0.05) is 0 Å². The summed E-state index contributed by atoms with van der Waals surface area (Å²) in [6, 6.07) is 7.75. The summed E-state index contributed by atoms with van der Waals surface area (Å²) in [5.74, 6) is -0.970. The predicted molar refractivity (Wildman–Crippen MR) is 79.5 cm³/mol. The molecule has 0 aromatic heterocycles. The fourth-order valence-corrected chi connectivity index (χ4v) is 2.29. The van der Waals surface area contributed by atoms with Gasteiger partial charge in [-0.25, -0.2) is 0 Å². The Labute approximate surface area is 119 Å². The van der Waals surface area contributed by atoms with E-state index in [1.807, 2.05) is 52.0 Å². The highest BCUT2D eigenvalue weighted by atomic mass is 16.4. The zero-order valence-electron chi connectivity index (χ0n) is 12.4. The van der Waals surface area contributed by atoms with E-state index in [-0.39, 0.29) is 23.7 Å². The maximum Gasteiger partial charge on any atom is 0.231 e. The van der Waals surface area contributed by atoms with E-state index in [2.05, 4.69) is 10.5 Å². The molecule has 5 heteroatoms. The van der Waals surface area contributed by atoms with Crippen molar-refractivity contribution in [3.8, 4) is 0 Å². The van der Waals surface area contributed by atoms with Crippen molar-refractivity contribution in [1.29, 1.82) is 0 Å². The molecule has 5 nitrogen and oxygen atoms in total. The minimum atomic E-state index is -0.633. The fraction of sp³-hybridized carbons (Fsp3) is 0.467. The normalized spacial score (nSPS) is 14.9. The Morgan fingerprint density at radius 3 is 2.40 bits per heavy atom. The minimum absolute atomic E-state index is 0.0463. The van der Waals surface area contributed by atoms with Crippen molar-refractivity contribution in [1.82, 2.24) is 5.32 Å². The molecule has 0 aliphatic carbocycles. The van der Waals surface area contributed by atoms with Crippen molar-refractivity contribution in [2.45, 2.75) is 33.7 Å². The molecule has 0 saturated heterocycles. The Balaban J connectivity index is 2.86. The number of carbonyl (C=O) groups excluding carboxylic acids is 1. The number of nitrogens with one attached hydrogen (secondary N) is 1. The molecule has 0 heterocycles. The first-order valence-corrected chi connectivity index (χ1v) is 6.71. The highest BCUT2D eigenvalue weighted by Gasteiger charge is 2.28. The molecular formula is C15H23N3O2. The lowest BCUT2D eigenvalue weighted by Gasteiger charge is -2.23. The molecule has 20 heavy (non-hydrogen) atoms. The van der Waals surface area contributed by atoms with Crippen molar-refractivity contribution in [2.24, 2.45) is 22.7 Å². The van der Waals surface area contributed by atoms with Gasteiger partial charge in [-0.3, -0.25) is 4.79 Å². The van der Waals surface area contributed by atoms with Crippen molar-refractivity contribution in [3.63, 3.8) is 0 Å². The van der Waals surface area contributed by atoms with E-state index in [9.17, 15) is 4.79 Å². The molecule has 0 saturated carbocycles. The molecule has 2 atom stereocenters. The number of carbonyl (C=O) groups is 1. The smallest absolute Gasteiger partial charge is 0.231 e. The van der Waals surface area contributed by atoms with Gasteiger partial charge in [0.05, 0.1) is 6.04 Å². The van der Waals surface area contributed by atoms with Crippen LogP contribution in [-0.4, -0.2) is 17.0 Å². The third-order valence-electron chi connectivity index (χ3n) is 3.40. The fourth-order valence-electron chi connectivity index (χ4n) is 2.29. The monoisotopic (exact) mass is 277 g/mol. The van der Waals surface area contributed by atoms with E-state index in [4.69, 9.17) is 10.9 Å². The van der Waals surface area contributed by atoms with Gasteiger partial charge in [0.15, 0.2) is 5.84 Å². The molecular weight excluding hydrogens is 254 g/mol. The molecule has 0 bridgehead atoms. The molecule has 0 spiro atoms. The van der Waals surface area contributed by atoms with Crippen LogP contribution in [-0.2, 0) is 4.79 Å². The zero-order valence-corrected chi connectivity index (χ0v) is 12.4. The van der Waals surface area contributed by atoms with Crippen LogP contribution in [0, 0.1) is 18.8 Å². The number of nitrogens with two attached hydrogens (primary N) is 1. The van der Waals surface area contributed by atoms with Gasteiger partial charge in [-0.2, -0.15) is 0 Å². The van der Waals surface area contributed by atoms with E-state index in [0.717, 1.165) is 11.1 Å². The number of amides is 1. The maximum atomic E-state index is 12.3. The number of amidine groups is 1. The summed E-state index contributed by atoms with van der Waals surface area (Å²) < 4.78 is 0. The van der Waals surface area contributed by atoms with Gasteiger partial charge in [-0.1, -0.05) is 43.3 Å². The lowest BCUT2D eigenvalue weighted by Crippen LogP contribution is -2.42. The lowest BCUT2D eigenvalue weighted by atomic mass is 9.93. The van der Waals surface area contributed by atoms with Crippen molar-refractivity contribution in [3.05, 3.63) is 35.4 Å². The van der Waals surface area contributed by atoms with Gasteiger partial charge < -0.3 is 16.3 Å². The zero-order chi connectivity index (χ0) is 15.3. The van der Waals surface area contributed by atoms with E-state index in [0.29, 0.717) is 0 Å². The molecule has 1 aromatic carbocycles. The lowest BCUT2D eigenvalue weighted by molar-refractivity contribution is -0.124. The molecule has 0 aliphatic rings. The van der Waals surface area contributed by atoms with Crippen LogP contribution in [0.3, 0.4) is 0 Å². The second kappa shape index (κ2) is 6.93. The van der Waals surface area contributed by atoms with Gasteiger partial charge in [0.1, 0.15) is 5.92 Å². The second-order valence-electron chi connectivity index (χ2n) is 5.33. The average Bonchev–Trinajstić information content (AvgIpc) is 2.38. The Morgan fingerprint density at radius 1 is 1.30 bits per heavy atom. The second-order valence-corrected chi connectivity index (χ2v) is 5.33. The number of rotatable bonds is 5. The van der Waals surface area contributed by atoms with Crippen LogP contribution in [0.4, 0.5) is 0 Å². The van der Waals surface area contributed by atoms with Crippen LogP contribution in [0.25, 0.3) is 0 Å². The van der Waals surface area contributed by atoms with Gasteiger partial charge >= 0.3 is 0 Å². The van der Waals surface area contributed by atoms with Gasteiger partial charge in [-0.15, -0.1) is 0 Å². The summed E-state index contributed by atoms with van der Waals surface area (Å²) in [7, 11) is 0. The van der Waals surface area contributed by atoms with E-state index >= 15 is 0 Å². The topological polar surface area (TPSA) is 87.7 Å². The molecule has 1 aromatic rings. The van der Waals surface area contributed by atoms with Gasteiger partial charge in [0.25, 0.3) is 0 Å². The van der Waals surface area contributed by atoms with Crippen LogP contribution >= 0.6 is 0 Å². The summed E-state index contributed by atoms with van der Waals surface area (Å²) in [5.41, 5.74) is 7.78. The molecule has 1 amide bonds. The number of benzene rings is 1. The first kappa shape index (κ1) is 16.0. The Kier molecular flexibility index (Phi) is 5.55. The van der Waals surface area contributed by atoms with Crippen LogP contribution in [0.5, 0.6) is 0 Å². The Hall–Kier alpha value is -2.04. The van der Waals surface area contributed by atoms with Gasteiger partial charge in [0.2, 0.25) is 5.91 Å². The number of hydrogen-bond acceptors (Lipinski definition) is 3. The SMILES string of the molecule is Cc1ccccc1C(C)NC(=O)C(C(N)=NO)C(C)C. The summed E-state index contributed by atoms with van der Waals surface area (Å²) in [4.78, 5) is 12.3. The Bertz CT molecular complexity index is 498. The highest BCUT2D eigenvalue weighted by Crippen LogP contribution is 2.19. The van der Waals surface area contributed by atoms with E-state index in [1.54, 1.807) is 0 Å². The summed E-state index contributed by atoms with van der Waals surface area (Å²) in [5, 5.41) is 14.7. The number of oxime groups is 1. The van der Waals surface area contributed by atoms with Crippen molar-refractivity contribution in [2.75, 3.05) is 0 Å². The molecule has 110 valence electrons. The third kappa shape index (κ3) is 3.73. The van der Waals surface area contributed by atoms with Gasteiger partial charge in [-0.05, 0) is 30.9 Å². The molecule has 1 rings (SSSR count). The van der Waals surface area contributed by atoms with Crippen LogP contribution in [0.2, 0.25) is 0 Å². The largest absolute Gasteiger partial charge is 0.409 e. The van der Waals surface area contributed by atoms with Crippen LogP contribution in [0.1, 0.15) is 37.9 Å². The molecule has 2 unspecified atom stereocenters. The summed E-state index contributed by atoms with van der Waals surface area (Å²) >= 11 is 0. The standard InChI is InChI=1S/C15H23N3O2/c1-9(2)13(14(16)18-20)15(19)17-11(4)12-8-6-5-7-10(12)3/h5-9,11,13,20H,1-4H3,(H2,16,18)(H,17,19). The molecule has 0 radical (unpaired) electrons. The summed E-state index contributed by atoms with van der Waals surface area (Å²) in [6.07, 6.45) is 0. The van der Waals surface area contributed by atoms with Crippen LogP contribution in [0.15, 0.2) is 29.4 Å². The third-order valence-corrected chi connectivity index (χ3v) is 3.40. The predicted octanol–water partition coefficient (Wildman–Crippen LogP) is 2.19. The Morgan fingerprint density at radius 2 is 1.90 bits per heavy atom. The quantitative estimate of drug-likeness (QED) is 0.333. The number of nitrogens with zero attached hydrogens (tertiary/aromatic N) is 1. The molecule has 4 N–H and O–H groups in total. The van der Waals surface area contributed by atoms with Crippen molar-refractivity contribution >= 4 is 11.7 Å². The maximum absolute atomic E-state index is 12.3. The minimum Gasteiger partial charge on any atom is -0.409 e. The van der Waals surface area contributed by atoms with Crippen molar-refractivity contribution < 1.29 is 10.0 Å². The molecule has 0 fully saturated rings. The van der Waals surface area contributed by atoms with E-state index < -0.39 is 5.92 Å². The highest BCUT2D eigenvalue weighted by molar-refractivity contribution is 6.02. The number of aryl methyl sites for hydroxylation is 1. The molecule has 0 aliphatic heterocycles. The summed E-state index contributed by atoms with van der Waals surface area (Å²) in [6.45, 7) is 7.65. The average molecular weight is 277 g/mol. The van der Waals surface area contributed by atoms with Crippen LogP contribution < -0.4 is 11.1 Å². The van der Waals surface area contributed by atoms with E-state index in [1.165, 1.54) is 0 Å². The first-order chi connectivity index (χ1) is 9.38. The first-order valence-electron chi connectivity index (χ1n) is 6.71.